The number of alkyl halides is 1. The lowest BCUT2D eigenvalue weighted by molar-refractivity contribution is 0.158. The second-order valence-corrected chi connectivity index (χ2v) is 7.36. The van der Waals surface area contributed by atoms with E-state index in [0.717, 1.165) is 17.3 Å². The highest BCUT2D eigenvalue weighted by Gasteiger charge is 2.27. The number of hydrogen-bond acceptors (Lipinski definition) is 2. The Hall–Kier alpha value is 0.400. The molecule has 0 aromatic carbocycles. The Morgan fingerprint density at radius 2 is 2.06 bits per heavy atom. The van der Waals surface area contributed by atoms with Crippen LogP contribution in [0, 0.1) is 11.3 Å². The highest BCUT2D eigenvalue weighted by atomic mass is 79.9. The molecule has 1 heterocycles. The average Bonchev–Trinajstić information content (AvgIpc) is 2.59. The van der Waals surface area contributed by atoms with Gasteiger partial charge in [0.2, 0.25) is 0 Å². The lowest BCUT2D eigenvalue weighted by atomic mass is 9.82. The molecule has 0 saturated carbocycles. The monoisotopic (exact) mass is 304 g/mol. The second kappa shape index (κ2) is 6.53. The van der Waals surface area contributed by atoms with Gasteiger partial charge in [-0.25, -0.2) is 0 Å². The van der Waals surface area contributed by atoms with Gasteiger partial charge >= 0.3 is 0 Å². The zero-order valence-corrected chi connectivity index (χ0v) is 13.8. The van der Waals surface area contributed by atoms with E-state index in [1.807, 2.05) is 0 Å². The Labute approximate surface area is 116 Å². The van der Waals surface area contributed by atoms with Gasteiger partial charge in [0.05, 0.1) is 0 Å². The molecule has 0 aromatic rings. The van der Waals surface area contributed by atoms with Crippen molar-refractivity contribution < 1.29 is 0 Å². The summed E-state index contributed by atoms with van der Waals surface area (Å²) in [5.74, 6) is 0.721. The summed E-state index contributed by atoms with van der Waals surface area (Å²) in [5.41, 5.74) is 0.388. The van der Waals surface area contributed by atoms with Crippen LogP contribution in [0.3, 0.4) is 0 Å². The number of rotatable bonds is 5. The fourth-order valence-electron chi connectivity index (χ4n) is 2.57. The molecule has 0 spiro atoms. The lowest BCUT2D eigenvalue weighted by Crippen LogP contribution is -2.41. The van der Waals surface area contributed by atoms with Crippen molar-refractivity contribution in [3.8, 4) is 0 Å². The van der Waals surface area contributed by atoms with E-state index in [1.165, 1.54) is 32.5 Å². The molecule has 0 amide bonds. The molecule has 102 valence electrons. The van der Waals surface area contributed by atoms with Crippen molar-refractivity contribution in [1.29, 1.82) is 0 Å². The Morgan fingerprint density at radius 3 is 2.47 bits per heavy atom. The van der Waals surface area contributed by atoms with Crippen molar-refractivity contribution in [1.82, 2.24) is 9.80 Å². The molecule has 2 atom stereocenters. The summed E-state index contributed by atoms with van der Waals surface area (Å²) < 4.78 is 0. The Balaban J connectivity index is 2.40. The predicted molar refractivity (Wildman–Crippen MR) is 79.9 cm³/mol. The van der Waals surface area contributed by atoms with E-state index in [1.54, 1.807) is 0 Å². The summed E-state index contributed by atoms with van der Waals surface area (Å²) in [5, 5.41) is 1.10. The summed E-state index contributed by atoms with van der Waals surface area (Å²) in [6.45, 7) is 10.7. The zero-order chi connectivity index (χ0) is 13.1. The maximum Gasteiger partial charge on any atom is 0.0220 e. The summed E-state index contributed by atoms with van der Waals surface area (Å²) in [6, 6.07) is 0.774. The van der Waals surface area contributed by atoms with E-state index < -0.39 is 0 Å². The molecule has 1 fully saturated rings. The molecule has 17 heavy (non-hydrogen) atoms. The van der Waals surface area contributed by atoms with Crippen LogP contribution in [0.15, 0.2) is 0 Å². The van der Waals surface area contributed by atoms with E-state index >= 15 is 0 Å². The maximum atomic E-state index is 3.67. The van der Waals surface area contributed by atoms with E-state index in [-0.39, 0.29) is 0 Å². The van der Waals surface area contributed by atoms with Crippen LogP contribution in [0.4, 0.5) is 0 Å². The van der Waals surface area contributed by atoms with E-state index in [0.29, 0.717) is 5.41 Å². The van der Waals surface area contributed by atoms with Crippen LogP contribution in [0.1, 0.15) is 33.6 Å². The molecule has 2 nitrogen and oxygen atoms in total. The van der Waals surface area contributed by atoms with E-state index in [4.69, 9.17) is 0 Å². The molecule has 0 aliphatic carbocycles. The molecule has 0 bridgehead atoms. The molecule has 0 N–H and O–H groups in total. The Kier molecular flexibility index (Phi) is 5.94. The van der Waals surface area contributed by atoms with Crippen LogP contribution < -0.4 is 0 Å². The average molecular weight is 305 g/mol. The molecule has 2 unspecified atom stereocenters. The first-order valence-electron chi connectivity index (χ1n) is 6.79. The predicted octanol–water partition coefficient (Wildman–Crippen LogP) is 3.07. The van der Waals surface area contributed by atoms with Crippen LogP contribution in [0.5, 0.6) is 0 Å². The van der Waals surface area contributed by atoms with E-state index in [2.05, 4.69) is 60.6 Å². The molecular weight excluding hydrogens is 276 g/mol. The minimum atomic E-state index is 0.388. The van der Waals surface area contributed by atoms with Gasteiger partial charge in [-0.15, -0.1) is 0 Å². The molecule has 1 rings (SSSR count). The van der Waals surface area contributed by atoms with Gasteiger partial charge in [-0.3, -0.25) is 0 Å². The SMILES string of the molecule is CN(CC1CCCN1C)CC(CBr)C(C)(C)C. The number of likely N-dealkylation sites (N-methyl/N-ethyl adjacent to an activating group) is 2. The molecule has 1 saturated heterocycles. The van der Waals surface area contributed by atoms with Gasteiger partial charge in [-0.1, -0.05) is 36.7 Å². The third kappa shape index (κ3) is 4.88. The first-order chi connectivity index (χ1) is 7.84. The largest absolute Gasteiger partial charge is 0.304 e. The third-order valence-corrected chi connectivity index (χ3v) is 4.92. The van der Waals surface area contributed by atoms with Gasteiger partial charge in [0.15, 0.2) is 0 Å². The molecule has 0 radical (unpaired) electrons. The number of nitrogens with zero attached hydrogens (tertiary/aromatic N) is 2. The second-order valence-electron chi connectivity index (χ2n) is 6.72. The number of likely N-dealkylation sites (tertiary alicyclic amines) is 1. The molecule has 1 aliphatic heterocycles. The number of hydrogen-bond donors (Lipinski definition) is 0. The summed E-state index contributed by atoms with van der Waals surface area (Å²) in [7, 11) is 4.53. The summed E-state index contributed by atoms with van der Waals surface area (Å²) >= 11 is 3.67. The smallest absolute Gasteiger partial charge is 0.0220 e. The quantitative estimate of drug-likeness (QED) is 0.720. The Morgan fingerprint density at radius 1 is 1.41 bits per heavy atom. The van der Waals surface area contributed by atoms with Gasteiger partial charge in [0, 0.05) is 24.5 Å². The van der Waals surface area contributed by atoms with Crippen LogP contribution in [0.2, 0.25) is 0 Å². The standard InChI is InChI=1S/C14H29BrN2/c1-14(2,3)12(9-15)10-16(4)11-13-7-6-8-17(13)5/h12-13H,6-11H2,1-5H3. The van der Waals surface area contributed by atoms with Crippen molar-refractivity contribution in [2.24, 2.45) is 11.3 Å². The molecule has 0 aromatic heterocycles. The number of halogens is 1. The first-order valence-corrected chi connectivity index (χ1v) is 7.91. The van der Waals surface area contributed by atoms with Crippen LogP contribution in [0.25, 0.3) is 0 Å². The van der Waals surface area contributed by atoms with Gasteiger partial charge in [-0.05, 0) is 44.8 Å². The van der Waals surface area contributed by atoms with Gasteiger partial charge < -0.3 is 9.80 Å². The van der Waals surface area contributed by atoms with Gasteiger partial charge in [-0.2, -0.15) is 0 Å². The molecule has 3 heteroatoms. The Bertz CT molecular complexity index is 225. The summed E-state index contributed by atoms with van der Waals surface area (Å²) in [4.78, 5) is 5.03. The first kappa shape index (κ1) is 15.5. The van der Waals surface area contributed by atoms with Crippen LogP contribution in [-0.4, -0.2) is 54.9 Å². The third-order valence-electron chi connectivity index (χ3n) is 4.14. The minimum Gasteiger partial charge on any atom is -0.304 e. The van der Waals surface area contributed by atoms with Crippen molar-refractivity contribution in [2.75, 3.05) is 39.1 Å². The lowest BCUT2D eigenvalue weighted by Gasteiger charge is -2.34. The van der Waals surface area contributed by atoms with Crippen molar-refractivity contribution >= 4 is 15.9 Å². The molecular formula is C14H29BrN2. The highest BCUT2D eigenvalue weighted by molar-refractivity contribution is 9.09. The van der Waals surface area contributed by atoms with Crippen molar-refractivity contribution in [3.05, 3.63) is 0 Å². The van der Waals surface area contributed by atoms with Crippen LogP contribution in [-0.2, 0) is 0 Å². The van der Waals surface area contributed by atoms with E-state index in [9.17, 15) is 0 Å². The molecule has 1 aliphatic rings. The normalized spacial score (nSPS) is 24.5. The summed E-state index contributed by atoms with van der Waals surface area (Å²) in [6.07, 6.45) is 2.74. The zero-order valence-electron chi connectivity index (χ0n) is 12.2. The highest BCUT2D eigenvalue weighted by Crippen LogP contribution is 2.28. The fraction of sp³-hybridized carbons (Fsp3) is 1.00. The minimum absolute atomic E-state index is 0.388. The van der Waals surface area contributed by atoms with Gasteiger partial charge in [0.25, 0.3) is 0 Å². The van der Waals surface area contributed by atoms with Crippen molar-refractivity contribution in [2.45, 2.75) is 39.7 Å². The van der Waals surface area contributed by atoms with Crippen molar-refractivity contribution in [3.63, 3.8) is 0 Å². The fourth-order valence-corrected chi connectivity index (χ4v) is 3.75. The maximum absolute atomic E-state index is 3.67. The topological polar surface area (TPSA) is 6.48 Å². The van der Waals surface area contributed by atoms with Crippen LogP contribution >= 0.6 is 15.9 Å². The van der Waals surface area contributed by atoms with Gasteiger partial charge in [0.1, 0.15) is 0 Å².